The molecule has 2 atom stereocenters. The lowest BCUT2D eigenvalue weighted by Gasteiger charge is -2.32. The summed E-state index contributed by atoms with van der Waals surface area (Å²) in [7, 11) is -3.84. The average Bonchev–Trinajstić information content (AvgIpc) is 3.66. The zero-order valence-corrected chi connectivity index (χ0v) is 21.4. The van der Waals surface area contributed by atoms with Crippen LogP contribution in [-0.2, 0) is 27.8 Å². The number of carbonyl (C=O) groups excluding carboxylic acids is 1. The third-order valence-corrected chi connectivity index (χ3v) is 8.98. The van der Waals surface area contributed by atoms with Gasteiger partial charge in [-0.15, -0.1) is 0 Å². The molecule has 1 saturated carbocycles. The molecule has 1 saturated heterocycles. The zero-order chi connectivity index (χ0) is 25.0. The topological polar surface area (TPSA) is 66.5 Å². The number of nitrogens with zero attached hydrogens (tertiary/aromatic N) is 1. The SMILES string of the molecule is O=C(Cc1ccc(CN2CCC(C[C@@H]3C[C@H]3c3ccccc3)CC2)cc1)NS(=O)(=O)c1ccccc1. The predicted molar refractivity (Wildman–Crippen MR) is 142 cm³/mol. The third-order valence-electron chi connectivity index (χ3n) is 7.59. The van der Waals surface area contributed by atoms with Gasteiger partial charge >= 0.3 is 0 Å². The molecule has 0 unspecified atom stereocenters. The van der Waals surface area contributed by atoms with E-state index in [0.717, 1.165) is 43.0 Å². The molecular formula is C30H34N2O3S. The Morgan fingerprint density at radius 3 is 2.11 bits per heavy atom. The maximum atomic E-state index is 12.3. The lowest BCUT2D eigenvalue weighted by Crippen LogP contribution is -2.33. The van der Waals surface area contributed by atoms with Crippen LogP contribution in [0.1, 0.15) is 48.3 Å². The van der Waals surface area contributed by atoms with Gasteiger partial charge in [-0.25, -0.2) is 13.1 Å². The Morgan fingerprint density at radius 1 is 0.833 bits per heavy atom. The van der Waals surface area contributed by atoms with Crippen molar-refractivity contribution in [3.8, 4) is 0 Å². The monoisotopic (exact) mass is 502 g/mol. The molecule has 5 rings (SSSR count). The highest BCUT2D eigenvalue weighted by Gasteiger charge is 2.39. The van der Waals surface area contributed by atoms with Crippen LogP contribution < -0.4 is 4.72 Å². The van der Waals surface area contributed by atoms with Crippen LogP contribution in [0.5, 0.6) is 0 Å². The summed E-state index contributed by atoms with van der Waals surface area (Å²) < 4.78 is 26.8. The van der Waals surface area contributed by atoms with Crippen LogP contribution in [0.15, 0.2) is 89.8 Å². The van der Waals surface area contributed by atoms with Gasteiger partial charge in [-0.2, -0.15) is 0 Å². The van der Waals surface area contributed by atoms with Gasteiger partial charge in [0.1, 0.15) is 0 Å². The summed E-state index contributed by atoms with van der Waals surface area (Å²) >= 11 is 0. The normalized spacial score (nSPS) is 20.7. The minimum atomic E-state index is -3.84. The first kappa shape index (κ1) is 24.7. The first-order valence-electron chi connectivity index (χ1n) is 12.9. The number of amides is 1. The van der Waals surface area contributed by atoms with Crippen LogP contribution in [-0.4, -0.2) is 32.3 Å². The average molecular weight is 503 g/mol. The van der Waals surface area contributed by atoms with Crippen molar-refractivity contribution in [2.45, 2.75) is 49.5 Å². The lowest BCUT2D eigenvalue weighted by atomic mass is 9.90. The molecule has 0 radical (unpaired) electrons. The number of carbonyl (C=O) groups is 1. The van der Waals surface area contributed by atoms with Gasteiger partial charge in [-0.05, 0) is 85.3 Å². The van der Waals surface area contributed by atoms with Crippen molar-refractivity contribution in [1.29, 1.82) is 0 Å². The van der Waals surface area contributed by atoms with Gasteiger partial charge in [0, 0.05) is 6.54 Å². The van der Waals surface area contributed by atoms with E-state index >= 15 is 0 Å². The molecule has 0 spiro atoms. The highest BCUT2D eigenvalue weighted by Crippen LogP contribution is 2.51. The molecule has 36 heavy (non-hydrogen) atoms. The summed E-state index contributed by atoms with van der Waals surface area (Å²) in [6, 6.07) is 26.9. The number of likely N-dealkylation sites (tertiary alicyclic amines) is 1. The van der Waals surface area contributed by atoms with Crippen molar-refractivity contribution >= 4 is 15.9 Å². The number of benzene rings is 3. The van der Waals surface area contributed by atoms with Gasteiger partial charge < -0.3 is 0 Å². The molecule has 1 N–H and O–H groups in total. The van der Waals surface area contributed by atoms with E-state index in [9.17, 15) is 13.2 Å². The van der Waals surface area contributed by atoms with Crippen LogP contribution >= 0.6 is 0 Å². The van der Waals surface area contributed by atoms with Crippen LogP contribution in [0.25, 0.3) is 0 Å². The summed E-state index contributed by atoms with van der Waals surface area (Å²) in [5, 5.41) is 0. The molecule has 2 aliphatic rings. The molecule has 3 aromatic rings. The number of nitrogens with one attached hydrogen (secondary N) is 1. The van der Waals surface area contributed by atoms with Crippen molar-refractivity contribution < 1.29 is 13.2 Å². The van der Waals surface area contributed by atoms with Crippen LogP contribution in [0.2, 0.25) is 0 Å². The molecule has 3 aromatic carbocycles. The quantitative estimate of drug-likeness (QED) is 0.440. The molecule has 5 nitrogen and oxygen atoms in total. The number of hydrogen-bond acceptors (Lipinski definition) is 4. The van der Waals surface area contributed by atoms with E-state index in [4.69, 9.17) is 0 Å². The van der Waals surface area contributed by atoms with Crippen molar-refractivity contribution in [2.75, 3.05) is 13.1 Å². The highest BCUT2D eigenvalue weighted by atomic mass is 32.2. The second-order valence-electron chi connectivity index (χ2n) is 10.3. The minimum absolute atomic E-state index is 0.0306. The molecular weight excluding hydrogens is 468 g/mol. The molecule has 0 aromatic heterocycles. The van der Waals surface area contributed by atoms with E-state index < -0.39 is 15.9 Å². The Bertz CT molecular complexity index is 1250. The van der Waals surface area contributed by atoms with Gasteiger partial charge in [0.05, 0.1) is 11.3 Å². The Morgan fingerprint density at radius 2 is 1.44 bits per heavy atom. The third kappa shape index (κ3) is 6.42. The molecule has 1 aliphatic heterocycles. The van der Waals surface area contributed by atoms with Crippen molar-refractivity contribution in [3.63, 3.8) is 0 Å². The van der Waals surface area contributed by atoms with E-state index in [2.05, 4.69) is 52.1 Å². The van der Waals surface area contributed by atoms with Gasteiger partial charge in [0.2, 0.25) is 5.91 Å². The minimum Gasteiger partial charge on any atom is -0.299 e. The van der Waals surface area contributed by atoms with Crippen LogP contribution in [0.3, 0.4) is 0 Å². The van der Waals surface area contributed by atoms with Crippen molar-refractivity contribution in [1.82, 2.24) is 9.62 Å². The summed E-state index contributed by atoms with van der Waals surface area (Å²) in [5.74, 6) is 1.96. The van der Waals surface area contributed by atoms with E-state index in [0.29, 0.717) is 0 Å². The maximum Gasteiger partial charge on any atom is 0.264 e. The molecule has 1 amide bonds. The van der Waals surface area contributed by atoms with E-state index in [-0.39, 0.29) is 11.3 Å². The summed E-state index contributed by atoms with van der Waals surface area (Å²) in [6.45, 7) is 3.18. The van der Waals surface area contributed by atoms with E-state index in [1.54, 1.807) is 18.2 Å². The van der Waals surface area contributed by atoms with Crippen LogP contribution in [0, 0.1) is 11.8 Å². The Hall–Kier alpha value is -2.96. The Kier molecular flexibility index (Phi) is 7.54. The van der Waals surface area contributed by atoms with Crippen molar-refractivity contribution in [3.05, 3.63) is 102 Å². The fraction of sp³-hybridized carbons (Fsp3) is 0.367. The molecule has 1 heterocycles. The molecule has 2 fully saturated rings. The lowest BCUT2D eigenvalue weighted by molar-refractivity contribution is -0.118. The van der Waals surface area contributed by atoms with E-state index in [1.165, 1.54) is 48.9 Å². The Balaban J connectivity index is 1.04. The second kappa shape index (κ2) is 11.0. The zero-order valence-electron chi connectivity index (χ0n) is 20.6. The van der Waals surface area contributed by atoms with Gasteiger partial charge in [0.25, 0.3) is 10.0 Å². The molecule has 0 bridgehead atoms. The number of piperidine rings is 1. The largest absolute Gasteiger partial charge is 0.299 e. The fourth-order valence-electron chi connectivity index (χ4n) is 5.48. The maximum absolute atomic E-state index is 12.3. The number of sulfonamides is 1. The van der Waals surface area contributed by atoms with E-state index in [1.807, 2.05) is 12.1 Å². The molecule has 6 heteroatoms. The van der Waals surface area contributed by atoms with Gasteiger partial charge in [0.15, 0.2) is 0 Å². The first-order chi connectivity index (χ1) is 17.5. The summed E-state index contributed by atoms with van der Waals surface area (Å²) in [5.41, 5.74) is 3.54. The number of hydrogen-bond donors (Lipinski definition) is 1. The number of rotatable bonds is 9. The standard InChI is InChI=1S/C30H34N2O3S/c33-30(31-36(34,35)28-9-5-2-6-10-28)20-23-11-13-25(14-12-23)22-32-17-15-24(16-18-32)19-27-21-29(27)26-7-3-1-4-8-26/h1-14,24,27,29H,15-22H2,(H,31,33)/t27-,29+/m1/s1. The predicted octanol–water partition coefficient (Wildman–Crippen LogP) is 5.14. The fourth-order valence-corrected chi connectivity index (χ4v) is 6.48. The smallest absolute Gasteiger partial charge is 0.264 e. The molecule has 188 valence electrons. The first-order valence-corrected chi connectivity index (χ1v) is 14.4. The highest BCUT2D eigenvalue weighted by molar-refractivity contribution is 7.90. The van der Waals surface area contributed by atoms with Crippen molar-refractivity contribution in [2.24, 2.45) is 11.8 Å². The van der Waals surface area contributed by atoms with Gasteiger partial charge in [-0.1, -0.05) is 72.8 Å². The summed E-state index contributed by atoms with van der Waals surface area (Å²) in [4.78, 5) is 14.9. The Labute approximate surface area is 214 Å². The summed E-state index contributed by atoms with van der Waals surface area (Å²) in [6.07, 6.45) is 5.29. The van der Waals surface area contributed by atoms with Gasteiger partial charge in [-0.3, -0.25) is 9.69 Å². The molecule has 1 aliphatic carbocycles. The van der Waals surface area contributed by atoms with Crippen LogP contribution in [0.4, 0.5) is 0 Å². The second-order valence-corrected chi connectivity index (χ2v) is 12.0.